The van der Waals surface area contributed by atoms with Gasteiger partial charge in [-0.15, -0.1) is 0 Å². The predicted molar refractivity (Wildman–Crippen MR) is 234 cm³/mol. The summed E-state index contributed by atoms with van der Waals surface area (Å²) in [7, 11) is 1.47. The van der Waals surface area contributed by atoms with Crippen LogP contribution < -0.4 is 26.2 Å². The van der Waals surface area contributed by atoms with E-state index in [1.807, 2.05) is 36.4 Å². The average molecular weight is 885 g/mol. The van der Waals surface area contributed by atoms with Gasteiger partial charge in [-0.1, -0.05) is 59.6 Å². The van der Waals surface area contributed by atoms with Crippen molar-refractivity contribution in [3.8, 4) is 39.4 Å². The van der Waals surface area contributed by atoms with Gasteiger partial charge in [-0.3, -0.25) is 18.8 Å². The van der Waals surface area contributed by atoms with Crippen molar-refractivity contribution in [1.82, 2.24) is 35.2 Å². The second kappa shape index (κ2) is 18.4. The van der Waals surface area contributed by atoms with Crippen LogP contribution in [-0.2, 0) is 32.2 Å². The largest absolute Gasteiger partial charge is 0.481 e. The number of aromatic nitrogens is 3. The highest BCUT2D eigenvalue weighted by Gasteiger charge is 2.30. The molecule has 2 aromatic carbocycles. The summed E-state index contributed by atoms with van der Waals surface area (Å²) in [6, 6.07) is 17.8. The second-order valence-corrected chi connectivity index (χ2v) is 17.0. The van der Waals surface area contributed by atoms with Gasteiger partial charge in [-0.2, -0.15) is 0 Å². The third-order valence-electron chi connectivity index (χ3n) is 10.6. The topological polar surface area (TPSA) is 183 Å². The Morgan fingerprint density at radius 2 is 1.53 bits per heavy atom. The van der Waals surface area contributed by atoms with Crippen LogP contribution in [0.4, 0.5) is 9.59 Å². The highest BCUT2D eigenvalue weighted by Crippen LogP contribution is 2.42. The molecule has 62 heavy (non-hydrogen) atoms. The Kier molecular flexibility index (Phi) is 13.0. The molecule has 5 aromatic rings. The molecule has 7 rings (SSSR count). The molecule has 0 radical (unpaired) electrons. The molecular weight excluding hydrogens is 837 g/mol. The van der Waals surface area contributed by atoms with Gasteiger partial charge in [-0.25, -0.2) is 19.6 Å². The molecule has 324 valence electrons. The lowest BCUT2D eigenvalue weighted by Crippen LogP contribution is -2.44. The normalized spacial score (nSPS) is 16.2. The van der Waals surface area contributed by atoms with Gasteiger partial charge in [0.1, 0.15) is 17.9 Å². The van der Waals surface area contributed by atoms with E-state index < -0.39 is 17.8 Å². The maximum absolute atomic E-state index is 13.7. The fraction of sp³-hybridized carbons (Fsp3) is 0.356. The number of benzene rings is 2. The van der Waals surface area contributed by atoms with E-state index in [0.717, 1.165) is 0 Å². The summed E-state index contributed by atoms with van der Waals surface area (Å²) in [6.45, 7) is 7.36. The summed E-state index contributed by atoms with van der Waals surface area (Å²) < 4.78 is 18.1. The summed E-state index contributed by atoms with van der Waals surface area (Å²) in [5.74, 6) is 0.138. The van der Waals surface area contributed by atoms with Gasteiger partial charge in [-0.05, 0) is 70.4 Å². The van der Waals surface area contributed by atoms with Crippen LogP contribution in [0, 0.1) is 6.92 Å². The molecule has 4 amide bonds. The Bertz CT molecular complexity index is 2630. The highest BCUT2D eigenvalue weighted by atomic mass is 35.5. The van der Waals surface area contributed by atoms with E-state index in [1.165, 1.54) is 16.4 Å². The lowest BCUT2D eigenvalue weighted by atomic mass is 9.97. The van der Waals surface area contributed by atoms with Crippen LogP contribution >= 0.6 is 23.2 Å². The smallest absolute Gasteiger partial charge is 0.410 e. The number of hydrogen-bond donors (Lipinski definition) is 3. The SMILES string of the molecule is COc1nc(-c2cccc(-c3cccc(-c4ccn5c(=O)c(C)c(CN(CC6CCC(=O)N6)C(=O)OC(C)(C)C)nc5c4)c3Cl)c2Cl)ccc1COC(=O)NCC1CCC(=O)N1. The van der Waals surface area contributed by atoms with E-state index in [2.05, 4.69) is 20.9 Å². The van der Waals surface area contributed by atoms with Crippen molar-refractivity contribution < 1.29 is 33.4 Å². The van der Waals surface area contributed by atoms with Crippen molar-refractivity contribution in [1.29, 1.82) is 0 Å². The Hall–Kier alpha value is -6.19. The van der Waals surface area contributed by atoms with Crippen LogP contribution in [-0.4, -0.2) is 81.2 Å². The fourth-order valence-corrected chi connectivity index (χ4v) is 8.08. The molecule has 17 heteroatoms. The van der Waals surface area contributed by atoms with Crippen molar-refractivity contribution in [3.63, 3.8) is 0 Å². The van der Waals surface area contributed by atoms with Crippen LogP contribution in [0.5, 0.6) is 5.88 Å². The van der Waals surface area contributed by atoms with E-state index in [1.54, 1.807) is 58.2 Å². The molecule has 0 bridgehead atoms. The number of alkyl carbamates (subject to hydrolysis) is 1. The van der Waals surface area contributed by atoms with E-state index in [9.17, 15) is 24.0 Å². The van der Waals surface area contributed by atoms with Gasteiger partial charge in [0.15, 0.2) is 0 Å². The number of carbonyl (C=O) groups excluding carboxylic acids is 4. The number of pyridine rings is 2. The van der Waals surface area contributed by atoms with Gasteiger partial charge in [0.25, 0.3) is 5.56 Å². The van der Waals surface area contributed by atoms with Crippen LogP contribution in [0.1, 0.15) is 63.3 Å². The van der Waals surface area contributed by atoms with Crippen LogP contribution in [0.2, 0.25) is 10.0 Å². The lowest BCUT2D eigenvalue weighted by molar-refractivity contribution is -0.120. The Labute approximate surface area is 368 Å². The van der Waals surface area contributed by atoms with Gasteiger partial charge in [0.2, 0.25) is 17.7 Å². The van der Waals surface area contributed by atoms with Crippen LogP contribution in [0.15, 0.2) is 71.7 Å². The summed E-state index contributed by atoms with van der Waals surface area (Å²) in [5, 5.41) is 9.17. The lowest BCUT2D eigenvalue weighted by Gasteiger charge is -2.29. The van der Waals surface area contributed by atoms with E-state index >= 15 is 0 Å². The number of nitrogens with one attached hydrogen (secondary N) is 3. The molecule has 3 N–H and O–H groups in total. The Morgan fingerprint density at radius 3 is 2.18 bits per heavy atom. The number of rotatable bonds is 12. The first kappa shape index (κ1) is 43.9. The van der Waals surface area contributed by atoms with Crippen molar-refractivity contribution >= 4 is 52.8 Å². The maximum atomic E-state index is 13.7. The van der Waals surface area contributed by atoms with E-state index in [-0.39, 0.29) is 61.6 Å². The summed E-state index contributed by atoms with van der Waals surface area (Å²) >= 11 is 14.3. The van der Waals surface area contributed by atoms with Crippen molar-refractivity contribution in [2.24, 2.45) is 0 Å². The fourth-order valence-electron chi connectivity index (χ4n) is 7.42. The Balaban J connectivity index is 1.13. The van der Waals surface area contributed by atoms with Crippen molar-refractivity contribution in [2.45, 2.75) is 84.2 Å². The molecule has 2 fully saturated rings. The first-order valence-electron chi connectivity index (χ1n) is 20.2. The molecule has 3 aromatic heterocycles. The number of carbonyl (C=O) groups is 4. The van der Waals surface area contributed by atoms with Gasteiger partial charge in [0, 0.05) is 72.0 Å². The molecule has 15 nitrogen and oxygen atoms in total. The van der Waals surface area contributed by atoms with Crippen LogP contribution in [0.25, 0.3) is 39.2 Å². The number of amides is 4. The van der Waals surface area contributed by atoms with Crippen molar-refractivity contribution in [2.75, 3.05) is 20.2 Å². The molecular formula is C45H47Cl2N7O8. The molecule has 5 heterocycles. The molecule has 0 saturated carbocycles. The quantitative estimate of drug-likeness (QED) is 0.116. The van der Waals surface area contributed by atoms with Gasteiger partial charge in [0.05, 0.1) is 40.7 Å². The Morgan fingerprint density at radius 1 is 0.887 bits per heavy atom. The predicted octanol–water partition coefficient (Wildman–Crippen LogP) is 7.23. The third-order valence-corrected chi connectivity index (χ3v) is 11.4. The zero-order valence-corrected chi connectivity index (χ0v) is 36.5. The number of ether oxygens (including phenoxy) is 3. The third kappa shape index (κ3) is 9.95. The number of hydrogen-bond acceptors (Lipinski definition) is 10. The molecule has 2 atom stereocenters. The zero-order chi connectivity index (χ0) is 44.3. The minimum Gasteiger partial charge on any atom is -0.481 e. The first-order valence-corrected chi connectivity index (χ1v) is 21.0. The van der Waals surface area contributed by atoms with E-state index in [4.69, 9.17) is 42.4 Å². The van der Waals surface area contributed by atoms with Gasteiger partial charge < -0.3 is 35.1 Å². The molecule has 0 spiro atoms. The second-order valence-electron chi connectivity index (χ2n) is 16.3. The number of nitrogens with zero attached hydrogens (tertiary/aromatic N) is 4. The van der Waals surface area contributed by atoms with E-state index in [0.29, 0.717) is 91.7 Å². The summed E-state index contributed by atoms with van der Waals surface area (Å²) in [6.07, 6.45) is 2.47. The first-order chi connectivity index (χ1) is 29.6. The summed E-state index contributed by atoms with van der Waals surface area (Å²) in [5.41, 5.74) is 4.38. The monoisotopic (exact) mass is 883 g/mol. The molecule has 2 saturated heterocycles. The molecule has 0 aliphatic carbocycles. The zero-order valence-electron chi connectivity index (χ0n) is 35.0. The number of halogens is 2. The maximum Gasteiger partial charge on any atom is 0.410 e. The molecule has 2 aliphatic rings. The van der Waals surface area contributed by atoms with Crippen LogP contribution in [0.3, 0.4) is 0 Å². The minimum absolute atomic E-state index is 0.00810. The van der Waals surface area contributed by atoms with Gasteiger partial charge >= 0.3 is 12.2 Å². The number of fused-ring (bicyclic) bond motifs is 1. The van der Waals surface area contributed by atoms with Crippen molar-refractivity contribution in [3.05, 3.63) is 104 Å². The highest BCUT2D eigenvalue weighted by molar-refractivity contribution is 6.39. The minimum atomic E-state index is -0.764. The standard InChI is InChI=1S/C45H47Cl2N7O8/c1-25-35(23-53(44(59)62-45(2,3)4)22-29-14-17-38(56)50-29)51-36-20-26(18-19-54(36)42(25)57)30-8-6-9-31(39(30)46)32-10-7-11-33(40(32)47)34-15-12-27(41(52-34)60-5)24-61-43(58)48-21-28-13-16-37(55)49-28/h6-12,15,18-20,28-29H,13-14,16-17,21-24H2,1-5H3,(H,48,58)(H,49,55)(H,50,56). The number of methoxy groups -OCH3 is 1. The summed E-state index contributed by atoms with van der Waals surface area (Å²) in [4.78, 5) is 73.9. The average Bonchev–Trinajstić information content (AvgIpc) is 3.86. The molecule has 2 unspecified atom stereocenters. The molecule has 2 aliphatic heterocycles.